The molecule has 0 spiro atoms. The quantitative estimate of drug-likeness (QED) is 0.645. The minimum atomic E-state index is -0.0903. The highest BCUT2D eigenvalue weighted by Gasteiger charge is 1.99. The van der Waals surface area contributed by atoms with E-state index in [0.29, 0.717) is 12.2 Å². The minimum Gasteiger partial charge on any atom is -0.394 e. The summed E-state index contributed by atoms with van der Waals surface area (Å²) >= 11 is 0. The molecule has 11 heavy (non-hydrogen) atoms. The fraction of sp³-hybridized carbons (Fsp3) is 0.375. The third kappa shape index (κ3) is 1.27. The normalized spacial score (nSPS) is 10.0. The summed E-state index contributed by atoms with van der Waals surface area (Å²) in [6.07, 6.45) is 0. The molecule has 3 nitrogen and oxygen atoms in total. The average Bonchev–Trinajstić information content (AvgIpc) is 1.99. The monoisotopic (exact) mass is 152 g/mol. The molecule has 60 valence electrons. The molecule has 1 aromatic heterocycles. The number of hydrogen-bond acceptors (Lipinski definition) is 2. The first-order valence-electron chi connectivity index (χ1n) is 3.62. The fourth-order valence-corrected chi connectivity index (χ4v) is 1.08. The lowest BCUT2D eigenvalue weighted by Crippen LogP contribution is -2.23. The van der Waals surface area contributed by atoms with Crippen LogP contribution in [0.25, 0.3) is 0 Å². The van der Waals surface area contributed by atoms with Gasteiger partial charge in [0.1, 0.15) is 0 Å². The summed E-state index contributed by atoms with van der Waals surface area (Å²) < 4.78 is 1.65. The Kier molecular flexibility index (Phi) is 1.98. The van der Waals surface area contributed by atoms with Crippen molar-refractivity contribution in [2.24, 2.45) is 0 Å². The molecule has 0 atom stereocenters. The largest absolute Gasteiger partial charge is 0.394 e. The van der Waals surface area contributed by atoms with Crippen LogP contribution < -0.4 is 11.3 Å². The van der Waals surface area contributed by atoms with Crippen LogP contribution in [0.4, 0.5) is 5.69 Å². The van der Waals surface area contributed by atoms with Crippen LogP contribution in [0.1, 0.15) is 12.6 Å². The lowest BCUT2D eigenvalue weighted by Gasteiger charge is -2.06. The highest BCUT2D eigenvalue weighted by molar-refractivity contribution is 5.35. The number of nitrogens with zero attached hydrogens (tertiary/aromatic N) is 1. The molecule has 0 unspecified atom stereocenters. The van der Waals surface area contributed by atoms with E-state index < -0.39 is 0 Å². The number of rotatable bonds is 1. The molecule has 2 N–H and O–H groups in total. The molecular formula is C8H12N2O. The standard InChI is InChI=1S/C8H12N2O/c1-3-10-6(2)4-5-7(9)8(10)11/h4-5H,3,9H2,1-2H3. The van der Waals surface area contributed by atoms with Crippen molar-refractivity contribution in [3.8, 4) is 0 Å². The first-order chi connectivity index (χ1) is 5.16. The smallest absolute Gasteiger partial charge is 0.273 e. The van der Waals surface area contributed by atoms with E-state index in [-0.39, 0.29) is 5.56 Å². The molecular weight excluding hydrogens is 140 g/mol. The fourth-order valence-electron chi connectivity index (χ4n) is 1.08. The van der Waals surface area contributed by atoms with Crippen LogP contribution >= 0.6 is 0 Å². The van der Waals surface area contributed by atoms with Gasteiger partial charge < -0.3 is 10.3 Å². The van der Waals surface area contributed by atoms with Crippen molar-refractivity contribution in [2.75, 3.05) is 5.73 Å². The van der Waals surface area contributed by atoms with E-state index in [0.717, 1.165) is 5.69 Å². The number of pyridine rings is 1. The maximum absolute atomic E-state index is 11.3. The van der Waals surface area contributed by atoms with Gasteiger partial charge in [0.25, 0.3) is 5.56 Å². The van der Waals surface area contributed by atoms with Gasteiger partial charge in [-0.3, -0.25) is 4.79 Å². The molecule has 0 aliphatic heterocycles. The van der Waals surface area contributed by atoms with Gasteiger partial charge in [-0.25, -0.2) is 0 Å². The third-order valence-electron chi connectivity index (χ3n) is 1.74. The van der Waals surface area contributed by atoms with Crippen LogP contribution in [0.15, 0.2) is 16.9 Å². The molecule has 0 aliphatic carbocycles. The molecule has 0 radical (unpaired) electrons. The van der Waals surface area contributed by atoms with Crippen LogP contribution in [0.5, 0.6) is 0 Å². The maximum Gasteiger partial charge on any atom is 0.273 e. The molecule has 0 fully saturated rings. The highest BCUT2D eigenvalue weighted by atomic mass is 16.1. The van der Waals surface area contributed by atoms with Gasteiger partial charge in [0.05, 0.1) is 5.69 Å². The van der Waals surface area contributed by atoms with Crippen LogP contribution in [0.2, 0.25) is 0 Å². The van der Waals surface area contributed by atoms with Gasteiger partial charge in [-0.15, -0.1) is 0 Å². The lowest BCUT2D eigenvalue weighted by molar-refractivity contribution is 0.703. The topological polar surface area (TPSA) is 48.0 Å². The van der Waals surface area contributed by atoms with Gasteiger partial charge in [-0.2, -0.15) is 0 Å². The van der Waals surface area contributed by atoms with Crippen molar-refractivity contribution in [1.29, 1.82) is 0 Å². The van der Waals surface area contributed by atoms with Gasteiger partial charge in [-0.05, 0) is 26.0 Å². The first-order valence-corrected chi connectivity index (χ1v) is 3.62. The third-order valence-corrected chi connectivity index (χ3v) is 1.74. The molecule has 0 saturated carbocycles. The van der Waals surface area contributed by atoms with E-state index in [4.69, 9.17) is 5.73 Å². The maximum atomic E-state index is 11.3. The summed E-state index contributed by atoms with van der Waals surface area (Å²) in [4.78, 5) is 11.3. The second-order valence-electron chi connectivity index (χ2n) is 2.48. The van der Waals surface area contributed by atoms with Crippen molar-refractivity contribution in [3.63, 3.8) is 0 Å². The van der Waals surface area contributed by atoms with Crippen molar-refractivity contribution < 1.29 is 0 Å². The Balaban J connectivity index is 3.41. The van der Waals surface area contributed by atoms with E-state index in [1.165, 1.54) is 0 Å². The SMILES string of the molecule is CCn1c(C)ccc(N)c1=O. The Morgan fingerprint density at radius 2 is 2.18 bits per heavy atom. The molecule has 0 aromatic carbocycles. The Morgan fingerprint density at radius 1 is 1.55 bits per heavy atom. The van der Waals surface area contributed by atoms with Gasteiger partial charge in [0.15, 0.2) is 0 Å². The van der Waals surface area contributed by atoms with E-state index in [2.05, 4.69) is 0 Å². The van der Waals surface area contributed by atoms with Crippen LogP contribution in [-0.2, 0) is 6.54 Å². The van der Waals surface area contributed by atoms with Gasteiger partial charge in [-0.1, -0.05) is 0 Å². The number of hydrogen-bond donors (Lipinski definition) is 1. The molecule has 0 amide bonds. The molecule has 0 aliphatic rings. The van der Waals surface area contributed by atoms with Crippen molar-refractivity contribution >= 4 is 5.69 Å². The zero-order valence-corrected chi connectivity index (χ0v) is 6.79. The van der Waals surface area contributed by atoms with Crippen LogP contribution in [0.3, 0.4) is 0 Å². The summed E-state index contributed by atoms with van der Waals surface area (Å²) in [5.41, 5.74) is 6.61. The van der Waals surface area contributed by atoms with Crippen LogP contribution in [0, 0.1) is 6.92 Å². The Bertz CT molecular complexity index is 314. The number of aryl methyl sites for hydroxylation is 1. The molecule has 0 saturated heterocycles. The zero-order valence-electron chi connectivity index (χ0n) is 6.79. The lowest BCUT2D eigenvalue weighted by atomic mass is 10.3. The van der Waals surface area contributed by atoms with Gasteiger partial charge >= 0.3 is 0 Å². The second-order valence-corrected chi connectivity index (χ2v) is 2.48. The summed E-state index contributed by atoms with van der Waals surface area (Å²) in [6, 6.07) is 3.49. The van der Waals surface area contributed by atoms with Gasteiger partial charge in [0, 0.05) is 12.2 Å². The van der Waals surface area contributed by atoms with Crippen molar-refractivity contribution in [1.82, 2.24) is 4.57 Å². The summed E-state index contributed by atoms with van der Waals surface area (Å²) in [5, 5.41) is 0. The molecule has 3 heteroatoms. The number of aromatic nitrogens is 1. The number of anilines is 1. The van der Waals surface area contributed by atoms with Crippen LogP contribution in [-0.4, -0.2) is 4.57 Å². The Labute approximate surface area is 65.5 Å². The minimum absolute atomic E-state index is 0.0903. The first kappa shape index (κ1) is 7.85. The highest BCUT2D eigenvalue weighted by Crippen LogP contribution is 1.98. The average molecular weight is 152 g/mol. The summed E-state index contributed by atoms with van der Waals surface area (Å²) in [7, 11) is 0. The number of nitrogen functional groups attached to an aromatic ring is 1. The van der Waals surface area contributed by atoms with E-state index >= 15 is 0 Å². The Morgan fingerprint density at radius 3 is 2.64 bits per heavy atom. The molecule has 1 heterocycles. The predicted octanol–water partition coefficient (Wildman–Crippen LogP) is 0.759. The van der Waals surface area contributed by atoms with E-state index in [1.807, 2.05) is 19.9 Å². The molecule has 0 bridgehead atoms. The van der Waals surface area contributed by atoms with Crippen molar-refractivity contribution in [2.45, 2.75) is 20.4 Å². The molecule has 1 aromatic rings. The second kappa shape index (κ2) is 2.78. The number of nitrogens with two attached hydrogens (primary N) is 1. The van der Waals surface area contributed by atoms with Gasteiger partial charge in [0.2, 0.25) is 0 Å². The van der Waals surface area contributed by atoms with E-state index in [1.54, 1.807) is 10.6 Å². The van der Waals surface area contributed by atoms with E-state index in [9.17, 15) is 4.79 Å². The Hall–Kier alpha value is -1.25. The van der Waals surface area contributed by atoms with Crippen molar-refractivity contribution in [3.05, 3.63) is 28.2 Å². The predicted molar refractivity (Wildman–Crippen MR) is 45.5 cm³/mol. The molecule has 1 rings (SSSR count). The zero-order chi connectivity index (χ0) is 8.43. The summed E-state index contributed by atoms with van der Waals surface area (Å²) in [6.45, 7) is 4.49. The summed E-state index contributed by atoms with van der Waals surface area (Å²) in [5.74, 6) is 0.